The van der Waals surface area contributed by atoms with Crippen molar-refractivity contribution >= 4 is 11.6 Å². The average Bonchev–Trinajstić information content (AvgIpc) is 2.03. The third-order valence-electron chi connectivity index (χ3n) is 2.66. The van der Waals surface area contributed by atoms with Gasteiger partial charge in [-0.2, -0.15) is 0 Å². The minimum Gasteiger partial charge on any atom is -0.300 e. The van der Waals surface area contributed by atoms with Crippen LogP contribution >= 0.6 is 11.6 Å². The van der Waals surface area contributed by atoms with Gasteiger partial charge in [-0.1, -0.05) is 31.5 Å². The third kappa shape index (κ3) is 3.16. The van der Waals surface area contributed by atoms with Crippen LogP contribution in [0.15, 0.2) is 11.6 Å². The minimum absolute atomic E-state index is 0.557. The Labute approximate surface area is 80.4 Å². The van der Waals surface area contributed by atoms with Gasteiger partial charge in [0, 0.05) is 12.1 Å². The van der Waals surface area contributed by atoms with Gasteiger partial charge in [0.25, 0.3) is 0 Å². The Balaban J connectivity index is 2.26. The Morgan fingerprint density at radius 1 is 1.33 bits per heavy atom. The summed E-state index contributed by atoms with van der Waals surface area (Å²) in [6, 6.07) is 0. The molecule has 0 N–H and O–H groups in total. The summed E-state index contributed by atoms with van der Waals surface area (Å²) in [7, 11) is 0. The van der Waals surface area contributed by atoms with E-state index in [0.717, 1.165) is 6.54 Å². The summed E-state index contributed by atoms with van der Waals surface area (Å²) in [5, 5.41) is 0. The molecule has 1 nitrogen and oxygen atoms in total. The van der Waals surface area contributed by atoms with Gasteiger partial charge in [-0.15, -0.1) is 0 Å². The minimum atomic E-state index is 0.557. The molecule has 0 aromatic carbocycles. The standard InChI is InChI=1S/C10H18ClN/c1-10(2)4-8-12(9-5-10)7-3-6-11/h3,6H,4-5,7-9H2,1-2H3/b6-3+. The molecule has 0 saturated carbocycles. The smallest absolute Gasteiger partial charge is 0.0174 e. The molecule has 1 heterocycles. The van der Waals surface area contributed by atoms with Gasteiger partial charge in [0.2, 0.25) is 0 Å². The number of hydrogen-bond donors (Lipinski definition) is 0. The highest BCUT2D eigenvalue weighted by Gasteiger charge is 2.24. The molecule has 0 unspecified atom stereocenters. The van der Waals surface area contributed by atoms with Gasteiger partial charge in [0.05, 0.1) is 0 Å². The molecule has 0 aliphatic carbocycles. The largest absolute Gasteiger partial charge is 0.300 e. The monoisotopic (exact) mass is 187 g/mol. The number of nitrogens with zero attached hydrogens (tertiary/aromatic N) is 1. The van der Waals surface area contributed by atoms with E-state index in [-0.39, 0.29) is 0 Å². The molecule has 0 atom stereocenters. The Bertz CT molecular complexity index is 153. The van der Waals surface area contributed by atoms with E-state index in [1.807, 2.05) is 6.08 Å². The second kappa shape index (κ2) is 4.29. The summed E-state index contributed by atoms with van der Waals surface area (Å²) in [5.74, 6) is 0. The second-order valence-corrected chi connectivity index (χ2v) is 4.58. The fourth-order valence-corrected chi connectivity index (χ4v) is 1.61. The van der Waals surface area contributed by atoms with Crippen LogP contribution in [-0.4, -0.2) is 24.5 Å². The predicted molar refractivity (Wildman–Crippen MR) is 54.4 cm³/mol. The first-order chi connectivity index (χ1) is 5.64. The SMILES string of the molecule is CC1(C)CCN(C/C=C/Cl)CC1. The summed E-state index contributed by atoms with van der Waals surface area (Å²) < 4.78 is 0. The van der Waals surface area contributed by atoms with Crippen LogP contribution in [0, 0.1) is 5.41 Å². The second-order valence-electron chi connectivity index (χ2n) is 4.33. The topological polar surface area (TPSA) is 3.24 Å². The summed E-state index contributed by atoms with van der Waals surface area (Å²) in [5.41, 5.74) is 2.17. The molecule has 0 radical (unpaired) electrons. The Morgan fingerprint density at radius 3 is 2.42 bits per heavy atom. The van der Waals surface area contributed by atoms with E-state index in [9.17, 15) is 0 Å². The molecule has 12 heavy (non-hydrogen) atoms. The molecule has 1 rings (SSSR count). The Hall–Kier alpha value is -0.0100. The first-order valence-corrected chi connectivity index (χ1v) is 5.05. The maximum atomic E-state index is 5.47. The van der Waals surface area contributed by atoms with E-state index in [4.69, 9.17) is 11.6 Å². The van der Waals surface area contributed by atoms with Crippen LogP contribution in [0.4, 0.5) is 0 Å². The highest BCUT2D eigenvalue weighted by Crippen LogP contribution is 2.29. The van der Waals surface area contributed by atoms with Gasteiger partial charge >= 0.3 is 0 Å². The molecule has 0 aromatic heterocycles. The molecule has 1 fully saturated rings. The van der Waals surface area contributed by atoms with Crippen LogP contribution in [-0.2, 0) is 0 Å². The molecule has 0 aromatic rings. The summed E-state index contributed by atoms with van der Waals surface area (Å²) in [6.07, 6.45) is 4.63. The van der Waals surface area contributed by atoms with Gasteiger partial charge in [-0.3, -0.25) is 4.90 Å². The van der Waals surface area contributed by atoms with Gasteiger partial charge in [-0.25, -0.2) is 0 Å². The predicted octanol–water partition coefficient (Wildman–Crippen LogP) is 2.86. The van der Waals surface area contributed by atoms with Crippen LogP contribution in [0.3, 0.4) is 0 Å². The summed E-state index contributed by atoms with van der Waals surface area (Å²) in [4.78, 5) is 2.45. The number of piperidine rings is 1. The van der Waals surface area contributed by atoms with Crippen molar-refractivity contribution in [1.29, 1.82) is 0 Å². The quantitative estimate of drug-likeness (QED) is 0.643. The maximum Gasteiger partial charge on any atom is 0.0174 e. The van der Waals surface area contributed by atoms with Gasteiger partial charge in [0.1, 0.15) is 0 Å². The van der Waals surface area contributed by atoms with Crippen LogP contribution in [0.5, 0.6) is 0 Å². The van der Waals surface area contributed by atoms with E-state index < -0.39 is 0 Å². The average molecular weight is 188 g/mol. The fourth-order valence-electron chi connectivity index (χ4n) is 1.53. The summed E-state index contributed by atoms with van der Waals surface area (Å²) in [6.45, 7) is 8.14. The number of halogens is 1. The van der Waals surface area contributed by atoms with Crippen molar-refractivity contribution in [2.45, 2.75) is 26.7 Å². The van der Waals surface area contributed by atoms with Crippen LogP contribution < -0.4 is 0 Å². The lowest BCUT2D eigenvalue weighted by atomic mass is 9.83. The van der Waals surface area contributed by atoms with E-state index in [0.29, 0.717) is 5.41 Å². The van der Waals surface area contributed by atoms with Crippen molar-refractivity contribution in [3.8, 4) is 0 Å². The zero-order chi connectivity index (χ0) is 9.03. The highest BCUT2D eigenvalue weighted by molar-refractivity contribution is 6.25. The molecule has 0 bridgehead atoms. The fraction of sp³-hybridized carbons (Fsp3) is 0.800. The lowest BCUT2D eigenvalue weighted by Crippen LogP contribution is -2.37. The molecule has 1 aliphatic heterocycles. The zero-order valence-corrected chi connectivity index (χ0v) is 8.77. The first-order valence-electron chi connectivity index (χ1n) is 4.62. The molecular weight excluding hydrogens is 170 g/mol. The lowest BCUT2D eigenvalue weighted by molar-refractivity contribution is 0.144. The van der Waals surface area contributed by atoms with Crippen LogP contribution in [0.1, 0.15) is 26.7 Å². The van der Waals surface area contributed by atoms with Crippen LogP contribution in [0.25, 0.3) is 0 Å². The molecule has 0 amide bonds. The van der Waals surface area contributed by atoms with Crippen molar-refractivity contribution < 1.29 is 0 Å². The van der Waals surface area contributed by atoms with Gasteiger partial charge < -0.3 is 0 Å². The van der Waals surface area contributed by atoms with Crippen molar-refractivity contribution in [3.05, 3.63) is 11.6 Å². The molecule has 70 valence electrons. The molecule has 1 aliphatic rings. The van der Waals surface area contributed by atoms with E-state index in [1.165, 1.54) is 25.9 Å². The van der Waals surface area contributed by atoms with Gasteiger partial charge in [-0.05, 0) is 31.3 Å². The maximum absolute atomic E-state index is 5.47. The third-order valence-corrected chi connectivity index (χ3v) is 2.84. The molecule has 0 spiro atoms. The highest BCUT2D eigenvalue weighted by atomic mass is 35.5. The number of rotatable bonds is 2. The Morgan fingerprint density at radius 2 is 1.92 bits per heavy atom. The Kier molecular flexibility index (Phi) is 3.60. The van der Waals surface area contributed by atoms with Crippen molar-refractivity contribution in [1.82, 2.24) is 4.90 Å². The van der Waals surface area contributed by atoms with E-state index in [1.54, 1.807) is 5.54 Å². The van der Waals surface area contributed by atoms with E-state index in [2.05, 4.69) is 18.7 Å². The van der Waals surface area contributed by atoms with Gasteiger partial charge in [0.15, 0.2) is 0 Å². The van der Waals surface area contributed by atoms with Crippen molar-refractivity contribution in [3.63, 3.8) is 0 Å². The van der Waals surface area contributed by atoms with Crippen molar-refractivity contribution in [2.75, 3.05) is 19.6 Å². The zero-order valence-electron chi connectivity index (χ0n) is 8.02. The number of likely N-dealkylation sites (tertiary alicyclic amines) is 1. The normalized spacial score (nSPS) is 24.9. The first kappa shape index (κ1) is 10.1. The molecule has 2 heteroatoms. The van der Waals surface area contributed by atoms with Crippen LogP contribution in [0.2, 0.25) is 0 Å². The van der Waals surface area contributed by atoms with Crippen molar-refractivity contribution in [2.24, 2.45) is 5.41 Å². The lowest BCUT2D eigenvalue weighted by Gasteiger charge is -2.36. The molecule has 1 saturated heterocycles. The van der Waals surface area contributed by atoms with E-state index >= 15 is 0 Å². The summed E-state index contributed by atoms with van der Waals surface area (Å²) >= 11 is 5.47. The molecular formula is C10H18ClN. The number of hydrogen-bond acceptors (Lipinski definition) is 1.